The number of rotatable bonds is 5. The number of fused-ring (bicyclic) bond motifs is 6. The van der Waals surface area contributed by atoms with Gasteiger partial charge in [0.1, 0.15) is 5.01 Å². The van der Waals surface area contributed by atoms with Crippen LogP contribution in [0.1, 0.15) is 25.0 Å². The maximum absolute atomic E-state index is 4.80. The summed E-state index contributed by atoms with van der Waals surface area (Å²) in [6.07, 6.45) is 1.99. The normalized spacial score (nSPS) is 13.1. The molecule has 242 valence electrons. The summed E-state index contributed by atoms with van der Waals surface area (Å²) in [6.45, 7) is 4.72. The molecule has 2 nitrogen and oxygen atoms in total. The molecule has 0 bridgehead atoms. The second-order valence-electron chi connectivity index (χ2n) is 14.0. The van der Waals surface area contributed by atoms with Gasteiger partial charge in [0, 0.05) is 33.6 Å². The molecule has 10 rings (SSSR count). The standard InChI is InChI=1S/C48H34N2S/c1-48(2)42-22-10-9-21-38(42)39-28-41-40-27-35(23-24-44(40)50(45(41)29-43(39)48)37-19-7-4-8-20-37)33-16-11-15-32(25-33)34-17-12-18-36(26-34)47-49-30-46(51-47)31-13-5-3-6-14-31/h3-30H,1-2H3. The van der Waals surface area contributed by atoms with Crippen LogP contribution in [0.3, 0.4) is 0 Å². The number of thiazole rings is 1. The fraction of sp³-hybridized carbons (Fsp3) is 0.0625. The summed E-state index contributed by atoms with van der Waals surface area (Å²) in [5, 5.41) is 3.58. The average molecular weight is 671 g/mol. The largest absolute Gasteiger partial charge is 0.309 e. The molecule has 1 aliphatic carbocycles. The minimum atomic E-state index is -0.0647. The lowest BCUT2D eigenvalue weighted by Gasteiger charge is -2.21. The van der Waals surface area contributed by atoms with Gasteiger partial charge in [-0.2, -0.15) is 0 Å². The highest BCUT2D eigenvalue weighted by molar-refractivity contribution is 7.18. The second-order valence-corrected chi connectivity index (χ2v) is 15.1. The van der Waals surface area contributed by atoms with Crippen LogP contribution in [0.2, 0.25) is 0 Å². The molecule has 2 heterocycles. The smallest absolute Gasteiger partial charge is 0.123 e. The zero-order chi connectivity index (χ0) is 34.1. The third-order valence-corrected chi connectivity index (χ3v) is 11.8. The zero-order valence-corrected chi connectivity index (χ0v) is 29.3. The SMILES string of the molecule is CC1(C)c2ccccc2-c2cc3c4cc(-c5cccc(-c6cccc(-c7ncc(-c8ccccc8)s7)c6)c5)ccc4n(-c4ccccc4)c3cc21. The first-order chi connectivity index (χ1) is 25.0. The Hall–Kier alpha value is -6.03. The van der Waals surface area contributed by atoms with Crippen molar-refractivity contribution in [3.8, 4) is 60.1 Å². The quantitative estimate of drug-likeness (QED) is 0.178. The van der Waals surface area contributed by atoms with E-state index in [1.54, 1.807) is 11.3 Å². The van der Waals surface area contributed by atoms with E-state index in [0.29, 0.717) is 0 Å². The lowest BCUT2D eigenvalue weighted by Crippen LogP contribution is -2.14. The fourth-order valence-electron chi connectivity index (χ4n) is 8.10. The summed E-state index contributed by atoms with van der Waals surface area (Å²) in [5.74, 6) is 0. The molecular formula is C48H34N2S. The molecule has 1 aliphatic rings. The second kappa shape index (κ2) is 11.5. The first-order valence-corrected chi connectivity index (χ1v) is 18.4. The van der Waals surface area contributed by atoms with E-state index in [1.165, 1.54) is 82.4 Å². The van der Waals surface area contributed by atoms with Gasteiger partial charge >= 0.3 is 0 Å². The van der Waals surface area contributed by atoms with E-state index in [9.17, 15) is 0 Å². The van der Waals surface area contributed by atoms with Crippen molar-refractivity contribution in [2.45, 2.75) is 19.3 Å². The van der Waals surface area contributed by atoms with Crippen molar-refractivity contribution in [2.24, 2.45) is 0 Å². The van der Waals surface area contributed by atoms with Crippen LogP contribution in [0.15, 0.2) is 170 Å². The highest BCUT2D eigenvalue weighted by Gasteiger charge is 2.36. The van der Waals surface area contributed by atoms with Crippen LogP contribution >= 0.6 is 11.3 Å². The van der Waals surface area contributed by atoms with Crippen LogP contribution in [-0.4, -0.2) is 9.55 Å². The van der Waals surface area contributed by atoms with Crippen molar-refractivity contribution in [1.82, 2.24) is 9.55 Å². The number of hydrogen-bond donors (Lipinski definition) is 0. The van der Waals surface area contributed by atoms with Crippen molar-refractivity contribution in [3.63, 3.8) is 0 Å². The average Bonchev–Trinajstić information content (AvgIpc) is 3.87. The van der Waals surface area contributed by atoms with E-state index in [4.69, 9.17) is 4.98 Å². The van der Waals surface area contributed by atoms with Crippen molar-refractivity contribution < 1.29 is 0 Å². The lowest BCUT2D eigenvalue weighted by molar-refractivity contribution is 0.661. The summed E-state index contributed by atoms with van der Waals surface area (Å²) in [4.78, 5) is 5.98. The molecule has 0 saturated carbocycles. The molecule has 51 heavy (non-hydrogen) atoms. The Morgan fingerprint density at radius 3 is 1.84 bits per heavy atom. The van der Waals surface area contributed by atoms with Gasteiger partial charge in [-0.05, 0) is 98.6 Å². The molecule has 0 radical (unpaired) electrons. The van der Waals surface area contributed by atoms with Gasteiger partial charge in [-0.1, -0.05) is 129 Å². The predicted molar refractivity (Wildman–Crippen MR) is 216 cm³/mol. The highest BCUT2D eigenvalue weighted by Crippen LogP contribution is 2.51. The lowest BCUT2D eigenvalue weighted by atomic mass is 9.82. The summed E-state index contributed by atoms with van der Waals surface area (Å²) in [5.41, 5.74) is 16.2. The van der Waals surface area contributed by atoms with E-state index in [-0.39, 0.29) is 5.41 Å². The van der Waals surface area contributed by atoms with Gasteiger partial charge in [-0.15, -0.1) is 11.3 Å². The Morgan fingerprint density at radius 2 is 1.08 bits per heavy atom. The molecule has 7 aromatic carbocycles. The summed E-state index contributed by atoms with van der Waals surface area (Å²) < 4.78 is 2.44. The monoisotopic (exact) mass is 670 g/mol. The van der Waals surface area contributed by atoms with Crippen LogP contribution in [0.25, 0.3) is 81.9 Å². The third-order valence-electron chi connectivity index (χ3n) is 10.7. The van der Waals surface area contributed by atoms with Gasteiger partial charge in [-0.25, -0.2) is 4.98 Å². The number of nitrogens with zero attached hydrogens (tertiary/aromatic N) is 2. The molecule has 0 unspecified atom stereocenters. The Balaban J connectivity index is 1.09. The Labute approximate surface area is 302 Å². The van der Waals surface area contributed by atoms with Crippen molar-refractivity contribution in [1.29, 1.82) is 0 Å². The van der Waals surface area contributed by atoms with Crippen LogP contribution < -0.4 is 0 Å². The van der Waals surface area contributed by atoms with Crippen molar-refractivity contribution >= 4 is 33.1 Å². The number of benzene rings is 7. The molecule has 0 atom stereocenters. The van der Waals surface area contributed by atoms with E-state index in [1.807, 2.05) is 6.20 Å². The molecule has 0 saturated heterocycles. The van der Waals surface area contributed by atoms with Crippen LogP contribution in [0.4, 0.5) is 0 Å². The number of para-hydroxylation sites is 1. The van der Waals surface area contributed by atoms with Crippen molar-refractivity contribution in [2.75, 3.05) is 0 Å². The number of hydrogen-bond acceptors (Lipinski definition) is 2. The summed E-state index contributed by atoms with van der Waals surface area (Å²) >= 11 is 1.74. The fourth-order valence-corrected chi connectivity index (χ4v) is 9.02. The first-order valence-electron chi connectivity index (χ1n) is 17.5. The Morgan fingerprint density at radius 1 is 0.471 bits per heavy atom. The molecule has 3 heteroatoms. The van der Waals surface area contributed by atoms with Crippen LogP contribution in [0.5, 0.6) is 0 Å². The van der Waals surface area contributed by atoms with E-state index in [0.717, 1.165) is 10.6 Å². The van der Waals surface area contributed by atoms with Gasteiger partial charge in [0.05, 0.1) is 15.9 Å². The molecule has 0 fully saturated rings. The van der Waals surface area contributed by atoms with Crippen LogP contribution in [-0.2, 0) is 5.41 Å². The molecule has 2 aromatic heterocycles. The van der Waals surface area contributed by atoms with Gasteiger partial charge in [0.15, 0.2) is 0 Å². The van der Waals surface area contributed by atoms with Crippen LogP contribution in [0, 0.1) is 0 Å². The molecule has 0 N–H and O–H groups in total. The molecule has 9 aromatic rings. The minimum Gasteiger partial charge on any atom is -0.309 e. The summed E-state index contributed by atoms with van der Waals surface area (Å²) in [7, 11) is 0. The minimum absolute atomic E-state index is 0.0647. The number of aromatic nitrogens is 2. The predicted octanol–water partition coefficient (Wildman–Crippen LogP) is 13.2. The molecular weight excluding hydrogens is 637 g/mol. The van der Waals surface area contributed by atoms with Gasteiger partial charge in [0.2, 0.25) is 0 Å². The maximum Gasteiger partial charge on any atom is 0.123 e. The molecule has 0 spiro atoms. The van der Waals surface area contributed by atoms with Crippen molar-refractivity contribution in [3.05, 3.63) is 181 Å². The van der Waals surface area contributed by atoms with E-state index >= 15 is 0 Å². The Kier molecular flexibility index (Phi) is 6.74. The van der Waals surface area contributed by atoms with Gasteiger partial charge in [-0.3, -0.25) is 0 Å². The van der Waals surface area contributed by atoms with Gasteiger partial charge in [0.25, 0.3) is 0 Å². The first kappa shape index (κ1) is 29.8. The highest BCUT2D eigenvalue weighted by atomic mass is 32.1. The maximum atomic E-state index is 4.80. The topological polar surface area (TPSA) is 17.8 Å². The molecule has 0 amide bonds. The van der Waals surface area contributed by atoms with E-state index in [2.05, 4.69) is 182 Å². The third kappa shape index (κ3) is 4.80. The Bertz CT molecular complexity index is 2770. The van der Waals surface area contributed by atoms with Gasteiger partial charge < -0.3 is 4.57 Å². The van der Waals surface area contributed by atoms with E-state index < -0.39 is 0 Å². The summed E-state index contributed by atoms with van der Waals surface area (Å²) in [6, 6.07) is 59.8. The molecule has 0 aliphatic heterocycles. The zero-order valence-electron chi connectivity index (χ0n) is 28.5.